The molecule has 3 atom stereocenters. The number of carbonyl (C=O) groups is 4. The number of thioether (sulfide) groups is 2. The van der Waals surface area contributed by atoms with E-state index in [0.717, 1.165) is 0 Å². The Bertz CT molecular complexity index is 793. The number of hydrogen-bond donors (Lipinski definition) is 6. The number of carbonyl (C=O) groups excluding carboxylic acids is 3. The summed E-state index contributed by atoms with van der Waals surface area (Å²) in [4.78, 5) is 48.8. The van der Waals surface area contributed by atoms with Gasteiger partial charge in [-0.15, -0.1) is 0 Å². The minimum atomic E-state index is -1.17. The number of nitrogens with one attached hydrogen (secondary N) is 3. The second kappa shape index (κ2) is 15.4. The average Bonchev–Trinajstić information content (AvgIpc) is 2.79. The summed E-state index contributed by atoms with van der Waals surface area (Å²) in [7, 11) is 0. The first-order chi connectivity index (χ1) is 15.7. The molecule has 0 saturated carbocycles. The van der Waals surface area contributed by atoms with E-state index in [1.54, 1.807) is 23.9 Å². The van der Waals surface area contributed by atoms with Crippen molar-refractivity contribution in [3.8, 4) is 5.75 Å². The first-order valence-corrected chi connectivity index (χ1v) is 13.1. The molecular formula is C21H32N4O6S2. The number of hydrogen-bond acceptors (Lipinski definition) is 8. The zero-order valence-electron chi connectivity index (χ0n) is 18.7. The molecule has 0 saturated heterocycles. The van der Waals surface area contributed by atoms with Gasteiger partial charge in [-0.3, -0.25) is 14.4 Å². The van der Waals surface area contributed by atoms with Crippen LogP contribution in [-0.2, 0) is 25.6 Å². The van der Waals surface area contributed by atoms with E-state index < -0.39 is 41.8 Å². The smallest absolute Gasteiger partial charge is 0.326 e. The highest BCUT2D eigenvalue weighted by atomic mass is 32.2. The molecular weight excluding hydrogens is 468 g/mol. The van der Waals surface area contributed by atoms with Gasteiger partial charge in [-0.2, -0.15) is 23.5 Å². The second-order valence-electron chi connectivity index (χ2n) is 7.28. The van der Waals surface area contributed by atoms with Crippen molar-refractivity contribution in [2.24, 2.45) is 5.73 Å². The topological polar surface area (TPSA) is 171 Å². The van der Waals surface area contributed by atoms with Gasteiger partial charge < -0.3 is 31.9 Å². The Kier molecular flexibility index (Phi) is 13.3. The van der Waals surface area contributed by atoms with E-state index in [2.05, 4.69) is 16.0 Å². The Balaban J connectivity index is 2.83. The molecule has 0 spiro atoms. The van der Waals surface area contributed by atoms with Crippen LogP contribution in [0.5, 0.6) is 5.75 Å². The third-order valence-corrected chi connectivity index (χ3v) is 5.93. The molecule has 0 aliphatic heterocycles. The summed E-state index contributed by atoms with van der Waals surface area (Å²) in [5.41, 5.74) is 6.42. The first kappa shape index (κ1) is 28.6. The molecule has 0 heterocycles. The predicted octanol–water partition coefficient (Wildman–Crippen LogP) is -0.0614. The third kappa shape index (κ3) is 11.3. The lowest BCUT2D eigenvalue weighted by atomic mass is 10.0. The maximum Gasteiger partial charge on any atom is 0.326 e. The van der Waals surface area contributed by atoms with Crippen molar-refractivity contribution < 1.29 is 29.4 Å². The Labute approximate surface area is 201 Å². The highest BCUT2D eigenvalue weighted by Gasteiger charge is 2.27. The Morgan fingerprint density at radius 3 is 2.12 bits per heavy atom. The van der Waals surface area contributed by atoms with E-state index in [1.165, 1.54) is 23.9 Å². The summed E-state index contributed by atoms with van der Waals surface area (Å²) in [6, 6.07) is 3.15. The Hall–Kier alpha value is -2.44. The minimum Gasteiger partial charge on any atom is -0.508 e. The molecule has 10 nitrogen and oxygen atoms in total. The van der Waals surface area contributed by atoms with Gasteiger partial charge in [0.2, 0.25) is 17.7 Å². The summed E-state index contributed by atoms with van der Waals surface area (Å²) in [5, 5.41) is 26.3. The van der Waals surface area contributed by atoms with Crippen molar-refractivity contribution in [1.29, 1.82) is 0 Å². The van der Waals surface area contributed by atoms with Crippen molar-refractivity contribution in [1.82, 2.24) is 16.0 Å². The number of nitrogens with two attached hydrogens (primary N) is 1. The van der Waals surface area contributed by atoms with E-state index in [-0.39, 0.29) is 25.1 Å². The molecule has 184 valence electrons. The van der Waals surface area contributed by atoms with E-state index in [0.29, 0.717) is 23.5 Å². The number of aromatic hydroxyl groups is 1. The van der Waals surface area contributed by atoms with Gasteiger partial charge in [0.05, 0.1) is 12.6 Å². The fourth-order valence-electron chi connectivity index (χ4n) is 2.76. The van der Waals surface area contributed by atoms with Gasteiger partial charge in [0, 0.05) is 6.42 Å². The van der Waals surface area contributed by atoms with Gasteiger partial charge >= 0.3 is 5.97 Å². The zero-order valence-corrected chi connectivity index (χ0v) is 20.3. The van der Waals surface area contributed by atoms with Crippen LogP contribution in [0.1, 0.15) is 18.4 Å². The maximum absolute atomic E-state index is 12.8. The fraction of sp³-hybridized carbons (Fsp3) is 0.524. The Morgan fingerprint density at radius 1 is 0.939 bits per heavy atom. The standard InChI is InChI=1S/C21H32N4O6S2/c1-32-9-7-15(22)19(28)23-12-18(27)24-17(11-13-3-5-14(26)6-4-13)20(29)25-16(21(30)31)8-10-33-2/h3-6,15-17,26H,7-12,22H2,1-2H3,(H,23,28)(H,24,27)(H,25,29)(H,30,31). The van der Waals surface area contributed by atoms with Crippen LogP contribution < -0.4 is 21.7 Å². The number of phenols is 1. The SMILES string of the molecule is CSCCC(N)C(=O)NCC(=O)NC(Cc1ccc(O)cc1)C(=O)NC(CCSC)C(=O)O. The minimum absolute atomic E-state index is 0.0484. The number of amides is 3. The third-order valence-electron chi connectivity index (χ3n) is 4.65. The number of phenolic OH excluding ortho intramolecular Hbond substituents is 1. The van der Waals surface area contributed by atoms with Gasteiger partial charge in [0.15, 0.2) is 0 Å². The van der Waals surface area contributed by atoms with Crippen molar-refractivity contribution in [3.05, 3.63) is 29.8 Å². The van der Waals surface area contributed by atoms with E-state index in [1.807, 2.05) is 12.5 Å². The molecule has 33 heavy (non-hydrogen) atoms. The zero-order chi connectivity index (χ0) is 24.8. The van der Waals surface area contributed by atoms with Crippen molar-refractivity contribution >= 4 is 47.2 Å². The summed E-state index contributed by atoms with van der Waals surface area (Å²) in [6.45, 7) is -0.375. The van der Waals surface area contributed by atoms with Gasteiger partial charge in [0.25, 0.3) is 0 Å². The van der Waals surface area contributed by atoms with Crippen LogP contribution in [0, 0.1) is 0 Å². The molecule has 1 rings (SSSR count). The van der Waals surface area contributed by atoms with Gasteiger partial charge in [-0.1, -0.05) is 12.1 Å². The molecule has 7 N–H and O–H groups in total. The molecule has 0 aliphatic carbocycles. The summed E-state index contributed by atoms with van der Waals surface area (Å²) < 4.78 is 0. The van der Waals surface area contributed by atoms with Gasteiger partial charge in [-0.05, 0) is 54.6 Å². The molecule has 1 aromatic rings. The van der Waals surface area contributed by atoms with Crippen LogP contribution >= 0.6 is 23.5 Å². The molecule has 1 aromatic carbocycles. The number of carboxylic acid groups (broad SMARTS) is 1. The van der Waals surface area contributed by atoms with Crippen LogP contribution in [0.4, 0.5) is 0 Å². The molecule has 0 radical (unpaired) electrons. The van der Waals surface area contributed by atoms with Gasteiger partial charge in [0.1, 0.15) is 17.8 Å². The van der Waals surface area contributed by atoms with Crippen LogP contribution in [0.25, 0.3) is 0 Å². The number of rotatable bonds is 15. The average molecular weight is 501 g/mol. The molecule has 0 aliphatic rings. The van der Waals surface area contributed by atoms with Crippen LogP contribution in [0.2, 0.25) is 0 Å². The molecule has 3 amide bonds. The second-order valence-corrected chi connectivity index (χ2v) is 9.25. The largest absolute Gasteiger partial charge is 0.508 e. The monoisotopic (exact) mass is 500 g/mol. The summed E-state index contributed by atoms with van der Waals surface area (Å²) >= 11 is 3.01. The van der Waals surface area contributed by atoms with Gasteiger partial charge in [-0.25, -0.2) is 4.79 Å². The maximum atomic E-state index is 12.8. The summed E-state index contributed by atoms with van der Waals surface area (Å²) in [6.07, 6.45) is 4.48. The number of aliphatic carboxylic acids is 1. The predicted molar refractivity (Wildman–Crippen MR) is 130 cm³/mol. The van der Waals surface area contributed by atoms with E-state index in [9.17, 15) is 29.4 Å². The van der Waals surface area contributed by atoms with Crippen LogP contribution in [0.3, 0.4) is 0 Å². The van der Waals surface area contributed by atoms with Crippen molar-refractivity contribution in [2.75, 3.05) is 30.6 Å². The number of benzene rings is 1. The lowest BCUT2D eigenvalue weighted by molar-refractivity contribution is -0.142. The molecule has 0 aromatic heterocycles. The molecule has 3 unspecified atom stereocenters. The lowest BCUT2D eigenvalue weighted by Crippen LogP contribution is -2.54. The fourth-order valence-corrected chi connectivity index (χ4v) is 3.72. The van der Waals surface area contributed by atoms with Crippen LogP contribution in [-0.4, -0.2) is 82.6 Å². The Morgan fingerprint density at radius 2 is 1.55 bits per heavy atom. The quantitative estimate of drug-likeness (QED) is 0.193. The highest BCUT2D eigenvalue weighted by Crippen LogP contribution is 2.12. The highest BCUT2D eigenvalue weighted by molar-refractivity contribution is 7.98. The molecule has 12 heteroatoms. The normalized spacial score (nSPS) is 13.4. The van der Waals surface area contributed by atoms with E-state index >= 15 is 0 Å². The van der Waals surface area contributed by atoms with Crippen molar-refractivity contribution in [3.63, 3.8) is 0 Å². The molecule has 0 fully saturated rings. The first-order valence-electron chi connectivity index (χ1n) is 10.3. The number of carboxylic acids is 1. The van der Waals surface area contributed by atoms with Crippen LogP contribution in [0.15, 0.2) is 24.3 Å². The van der Waals surface area contributed by atoms with E-state index in [4.69, 9.17) is 5.73 Å². The lowest BCUT2D eigenvalue weighted by Gasteiger charge is -2.22. The van der Waals surface area contributed by atoms with Crippen molar-refractivity contribution in [2.45, 2.75) is 37.4 Å². The summed E-state index contributed by atoms with van der Waals surface area (Å²) in [5.74, 6) is -1.62. The molecule has 0 bridgehead atoms.